The minimum atomic E-state index is -4.48. The third-order valence-electron chi connectivity index (χ3n) is 4.79. The third-order valence-corrected chi connectivity index (χ3v) is 7.19. The molecule has 0 bridgehead atoms. The Morgan fingerprint density at radius 2 is 1.97 bits per heavy atom. The van der Waals surface area contributed by atoms with Crippen molar-refractivity contribution in [2.75, 3.05) is 11.1 Å². The molecule has 0 fully saturated rings. The fourth-order valence-electron chi connectivity index (χ4n) is 3.37. The zero-order valence-electron chi connectivity index (χ0n) is 15.1. The predicted molar refractivity (Wildman–Crippen MR) is 107 cm³/mol. The second-order valence-electron chi connectivity index (χ2n) is 6.80. The zero-order valence-corrected chi connectivity index (χ0v) is 16.7. The van der Waals surface area contributed by atoms with Crippen molar-refractivity contribution in [3.63, 3.8) is 0 Å². The molecule has 152 valence electrons. The lowest BCUT2D eigenvalue weighted by Crippen LogP contribution is -2.37. The van der Waals surface area contributed by atoms with Crippen molar-refractivity contribution < 1.29 is 22.8 Å². The van der Waals surface area contributed by atoms with E-state index in [9.17, 15) is 22.8 Å². The van der Waals surface area contributed by atoms with Crippen molar-refractivity contribution in [1.29, 1.82) is 0 Å². The lowest BCUT2D eigenvalue weighted by molar-refractivity contribution is -0.137. The number of amides is 2. The topological polar surface area (TPSA) is 58.2 Å². The van der Waals surface area contributed by atoms with E-state index in [1.54, 1.807) is 11.8 Å². The average molecular weight is 438 g/mol. The molecule has 9 heteroatoms. The predicted octanol–water partition coefficient (Wildman–Crippen LogP) is 4.86. The normalized spacial score (nSPS) is 21.0. The minimum Gasteiger partial charge on any atom is -0.349 e. The molecule has 2 aromatic rings. The van der Waals surface area contributed by atoms with E-state index in [4.69, 9.17) is 0 Å². The van der Waals surface area contributed by atoms with E-state index in [2.05, 4.69) is 10.6 Å². The highest BCUT2D eigenvalue weighted by atomic mass is 32.2. The number of carbonyl (C=O) groups excluding carboxylic acids is 2. The minimum absolute atomic E-state index is 0.0389. The molecular weight excluding hydrogens is 421 g/mol. The molecule has 2 aromatic carbocycles. The van der Waals surface area contributed by atoms with Gasteiger partial charge < -0.3 is 10.6 Å². The van der Waals surface area contributed by atoms with Crippen molar-refractivity contribution in [3.8, 4) is 0 Å². The summed E-state index contributed by atoms with van der Waals surface area (Å²) in [5.74, 6) is 0.187. The van der Waals surface area contributed by atoms with E-state index >= 15 is 0 Å². The fourth-order valence-corrected chi connectivity index (χ4v) is 5.59. The van der Waals surface area contributed by atoms with Crippen LogP contribution in [0.5, 0.6) is 0 Å². The molecule has 2 atom stereocenters. The lowest BCUT2D eigenvalue weighted by Gasteiger charge is -2.28. The van der Waals surface area contributed by atoms with Gasteiger partial charge in [-0.3, -0.25) is 9.59 Å². The first kappa shape index (κ1) is 20.2. The second-order valence-corrected chi connectivity index (χ2v) is 9.18. The molecule has 0 unspecified atom stereocenters. The number of hydrogen-bond donors (Lipinski definition) is 2. The summed E-state index contributed by atoms with van der Waals surface area (Å²) in [7, 11) is 0. The number of rotatable bonds is 3. The van der Waals surface area contributed by atoms with Crippen molar-refractivity contribution in [3.05, 3.63) is 53.6 Å². The van der Waals surface area contributed by atoms with Gasteiger partial charge in [0, 0.05) is 22.0 Å². The zero-order chi connectivity index (χ0) is 20.6. The van der Waals surface area contributed by atoms with Crippen LogP contribution in [0.3, 0.4) is 0 Å². The molecule has 4 rings (SSSR count). The molecule has 2 amide bonds. The Morgan fingerprint density at radius 1 is 1.17 bits per heavy atom. The van der Waals surface area contributed by atoms with Gasteiger partial charge in [-0.1, -0.05) is 18.2 Å². The standard InChI is InChI=1S/C20H17F3N2O2S2/c21-20(22,23)11-5-6-16-14(9-11)25-19(27)17(29-16)10-18(26)24-13-7-8-28-15-4-2-1-3-12(13)15/h1-6,9,13,17H,7-8,10H2,(H,24,26)(H,25,27)/t13-,17+/m1/s1. The maximum Gasteiger partial charge on any atom is 0.416 e. The Hall–Kier alpha value is -2.13. The Balaban J connectivity index is 1.43. The maximum absolute atomic E-state index is 12.9. The van der Waals surface area contributed by atoms with Crippen LogP contribution in [0.1, 0.15) is 30.0 Å². The van der Waals surface area contributed by atoms with Gasteiger partial charge in [0.1, 0.15) is 0 Å². The number of hydrogen-bond acceptors (Lipinski definition) is 4. The van der Waals surface area contributed by atoms with Gasteiger partial charge in [-0.05, 0) is 36.2 Å². The summed E-state index contributed by atoms with van der Waals surface area (Å²) in [6, 6.07) is 11.0. The molecule has 0 aromatic heterocycles. The highest BCUT2D eigenvalue weighted by molar-refractivity contribution is 8.01. The van der Waals surface area contributed by atoms with Crippen molar-refractivity contribution in [2.45, 2.75) is 40.1 Å². The van der Waals surface area contributed by atoms with E-state index in [1.165, 1.54) is 6.07 Å². The molecule has 2 N–H and O–H groups in total. The SMILES string of the molecule is O=C(C[C@@H]1Sc2ccc(C(F)(F)F)cc2NC1=O)N[C@@H]1CCSc2ccccc21. The number of halogens is 3. The quantitative estimate of drug-likeness (QED) is 0.719. The van der Waals surface area contributed by atoms with Crippen LogP contribution in [-0.2, 0) is 15.8 Å². The summed E-state index contributed by atoms with van der Waals surface area (Å²) >= 11 is 2.87. The summed E-state index contributed by atoms with van der Waals surface area (Å²) in [5.41, 5.74) is 0.384. The van der Waals surface area contributed by atoms with Gasteiger partial charge in [-0.15, -0.1) is 23.5 Å². The Morgan fingerprint density at radius 3 is 2.76 bits per heavy atom. The highest BCUT2D eigenvalue weighted by Crippen LogP contribution is 2.41. The van der Waals surface area contributed by atoms with Crippen LogP contribution >= 0.6 is 23.5 Å². The Labute approximate surface area is 174 Å². The fraction of sp³-hybridized carbons (Fsp3) is 0.300. The molecule has 0 saturated carbocycles. The van der Waals surface area contributed by atoms with E-state index in [1.807, 2.05) is 24.3 Å². The first-order valence-electron chi connectivity index (χ1n) is 9.01. The molecule has 4 nitrogen and oxygen atoms in total. The molecule has 29 heavy (non-hydrogen) atoms. The van der Waals surface area contributed by atoms with E-state index in [0.29, 0.717) is 4.90 Å². The summed E-state index contributed by atoms with van der Waals surface area (Å²) in [5, 5.41) is 4.82. The van der Waals surface area contributed by atoms with Gasteiger partial charge in [-0.2, -0.15) is 13.2 Å². The first-order chi connectivity index (χ1) is 13.8. The van der Waals surface area contributed by atoms with Crippen LogP contribution in [0.2, 0.25) is 0 Å². The smallest absolute Gasteiger partial charge is 0.349 e. The Bertz CT molecular complexity index is 965. The van der Waals surface area contributed by atoms with Crippen molar-refractivity contribution in [2.24, 2.45) is 0 Å². The van der Waals surface area contributed by atoms with Gasteiger partial charge >= 0.3 is 6.18 Å². The number of anilines is 1. The summed E-state index contributed by atoms with van der Waals surface area (Å²) in [6.07, 6.45) is -3.71. The molecule has 0 spiro atoms. The summed E-state index contributed by atoms with van der Waals surface area (Å²) in [4.78, 5) is 26.6. The van der Waals surface area contributed by atoms with Crippen LogP contribution < -0.4 is 10.6 Å². The Kier molecular flexibility index (Phi) is 5.52. The summed E-state index contributed by atoms with van der Waals surface area (Å²) in [6.45, 7) is 0. The van der Waals surface area contributed by atoms with E-state index in [-0.39, 0.29) is 24.1 Å². The number of alkyl halides is 3. The lowest BCUT2D eigenvalue weighted by atomic mass is 10.0. The molecule has 2 aliphatic heterocycles. The molecule has 0 saturated heterocycles. The van der Waals surface area contributed by atoms with Crippen molar-refractivity contribution in [1.82, 2.24) is 5.32 Å². The van der Waals surface area contributed by atoms with Crippen LogP contribution in [0.25, 0.3) is 0 Å². The number of carbonyl (C=O) groups is 2. The number of thioether (sulfide) groups is 2. The van der Waals surface area contributed by atoms with Gasteiger partial charge in [0.05, 0.1) is 22.5 Å². The molecule has 0 radical (unpaired) electrons. The number of fused-ring (bicyclic) bond motifs is 2. The molecule has 0 aliphatic carbocycles. The van der Waals surface area contributed by atoms with E-state index < -0.39 is 22.9 Å². The number of benzene rings is 2. The van der Waals surface area contributed by atoms with E-state index in [0.717, 1.165) is 46.5 Å². The van der Waals surface area contributed by atoms with Gasteiger partial charge in [0.25, 0.3) is 0 Å². The molecular formula is C20H17F3N2O2S2. The number of nitrogens with one attached hydrogen (secondary N) is 2. The average Bonchev–Trinajstić information content (AvgIpc) is 2.68. The van der Waals surface area contributed by atoms with Crippen LogP contribution in [0.4, 0.5) is 18.9 Å². The molecule has 2 aliphatic rings. The van der Waals surface area contributed by atoms with Gasteiger partial charge in [0.15, 0.2) is 0 Å². The second kappa shape index (κ2) is 7.95. The van der Waals surface area contributed by atoms with Crippen LogP contribution in [0, 0.1) is 0 Å². The third kappa shape index (κ3) is 4.40. The summed E-state index contributed by atoms with van der Waals surface area (Å²) < 4.78 is 38.6. The first-order valence-corrected chi connectivity index (χ1v) is 10.9. The van der Waals surface area contributed by atoms with Gasteiger partial charge in [0.2, 0.25) is 11.8 Å². The molecule has 2 heterocycles. The van der Waals surface area contributed by atoms with Crippen LogP contribution in [-0.4, -0.2) is 22.8 Å². The van der Waals surface area contributed by atoms with Crippen molar-refractivity contribution >= 4 is 41.0 Å². The maximum atomic E-state index is 12.9. The monoisotopic (exact) mass is 438 g/mol. The largest absolute Gasteiger partial charge is 0.416 e. The van der Waals surface area contributed by atoms with Crippen LogP contribution in [0.15, 0.2) is 52.3 Å². The highest BCUT2D eigenvalue weighted by Gasteiger charge is 2.34. The van der Waals surface area contributed by atoms with Gasteiger partial charge in [-0.25, -0.2) is 0 Å².